The molecule has 22 heavy (non-hydrogen) atoms. The number of nitrogens with zero attached hydrogens (tertiary/aromatic N) is 2. The molecule has 0 radical (unpaired) electrons. The van der Waals surface area contributed by atoms with Crippen LogP contribution in [-0.4, -0.2) is 27.3 Å². The van der Waals surface area contributed by atoms with E-state index in [1.54, 1.807) is 18.2 Å². The molecule has 1 aromatic carbocycles. The largest absolute Gasteiger partial charge is 0.462 e. The van der Waals surface area contributed by atoms with Gasteiger partial charge in [-0.15, -0.1) is 0 Å². The van der Waals surface area contributed by atoms with Crippen LogP contribution in [0.25, 0.3) is 0 Å². The Morgan fingerprint density at radius 1 is 1.45 bits per heavy atom. The topological polar surface area (TPSA) is 67.9 Å². The maximum Gasteiger partial charge on any atom is 0.317 e. The summed E-state index contributed by atoms with van der Waals surface area (Å²) in [6, 6.07) is 5.17. The fourth-order valence-electron chi connectivity index (χ4n) is 2.94. The molecule has 7 heteroatoms. The number of ether oxygens (including phenoxy) is 1. The highest BCUT2D eigenvalue weighted by Crippen LogP contribution is 2.44. The van der Waals surface area contributed by atoms with E-state index < -0.39 is 5.41 Å². The number of aromatic nitrogens is 3. The van der Waals surface area contributed by atoms with Gasteiger partial charge in [0.15, 0.2) is 0 Å². The van der Waals surface area contributed by atoms with E-state index in [0.29, 0.717) is 28.7 Å². The van der Waals surface area contributed by atoms with E-state index in [1.807, 2.05) is 6.92 Å². The lowest BCUT2D eigenvalue weighted by atomic mass is 9.74. The van der Waals surface area contributed by atoms with Crippen molar-refractivity contribution in [2.24, 2.45) is 0 Å². The van der Waals surface area contributed by atoms with Crippen molar-refractivity contribution < 1.29 is 9.53 Å². The van der Waals surface area contributed by atoms with Crippen molar-refractivity contribution in [2.45, 2.75) is 37.7 Å². The zero-order chi connectivity index (χ0) is 15.7. The third-order valence-corrected chi connectivity index (χ3v) is 4.62. The second-order valence-electron chi connectivity index (χ2n) is 5.45. The van der Waals surface area contributed by atoms with Crippen LogP contribution in [0, 0.1) is 0 Å². The van der Waals surface area contributed by atoms with Gasteiger partial charge in [0.25, 0.3) is 0 Å². The van der Waals surface area contributed by atoms with E-state index >= 15 is 0 Å². The SMILES string of the molecule is CCC1CC(Cc2ncn[nH]2)(c2ccc(Cl)cc2Cl)C(=O)O1. The summed E-state index contributed by atoms with van der Waals surface area (Å²) in [6.45, 7) is 1.99. The molecule has 0 aliphatic carbocycles. The Morgan fingerprint density at radius 3 is 2.86 bits per heavy atom. The number of benzene rings is 1. The number of esters is 1. The molecule has 1 N–H and O–H groups in total. The van der Waals surface area contributed by atoms with Gasteiger partial charge in [-0.2, -0.15) is 5.10 Å². The summed E-state index contributed by atoms with van der Waals surface area (Å²) >= 11 is 12.3. The first-order chi connectivity index (χ1) is 10.5. The van der Waals surface area contributed by atoms with Crippen LogP contribution in [0.4, 0.5) is 0 Å². The number of halogens is 2. The second kappa shape index (κ2) is 5.89. The molecular formula is C15H15Cl2N3O2. The molecule has 2 unspecified atom stereocenters. The Kier molecular flexibility index (Phi) is 4.10. The average molecular weight is 340 g/mol. The lowest BCUT2D eigenvalue weighted by molar-refractivity contribution is -0.145. The molecule has 0 amide bonds. The average Bonchev–Trinajstić information content (AvgIpc) is 3.08. The van der Waals surface area contributed by atoms with Gasteiger partial charge >= 0.3 is 5.97 Å². The fourth-order valence-corrected chi connectivity index (χ4v) is 3.53. The van der Waals surface area contributed by atoms with Crippen molar-refractivity contribution in [1.29, 1.82) is 0 Å². The van der Waals surface area contributed by atoms with Crippen LogP contribution in [0.5, 0.6) is 0 Å². The Morgan fingerprint density at radius 2 is 2.27 bits per heavy atom. The van der Waals surface area contributed by atoms with Crippen molar-refractivity contribution in [1.82, 2.24) is 15.2 Å². The van der Waals surface area contributed by atoms with E-state index in [4.69, 9.17) is 27.9 Å². The number of hydrogen-bond donors (Lipinski definition) is 1. The van der Waals surface area contributed by atoms with E-state index in [0.717, 1.165) is 12.0 Å². The van der Waals surface area contributed by atoms with Gasteiger partial charge < -0.3 is 4.74 Å². The molecule has 2 atom stereocenters. The van der Waals surface area contributed by atoms with Gasteiger partial charge in [0, 0.05) is 22.9 Å². The van der Waals surface area contributed by atoms with E-state index in [9.17, 15) is 4.79 Å². The van der Waals surface area contributed by atoms with Crippen LogP contribution in [0.1, 0.15) is 31.2 Å². The molecule has 2 aromatic rings. The zero-order valence-corrected chi connectivity index (χ0v) is 13.5. The Hall–Kier alpha value is -1.59. The minimum absolute atomic E-state index is 0.123. The number of rotatable bonds is 4. The van der Waals surface area contributed by atoms with Crippen LogP contribution >= 0.6 is 23.2 Å². The van der Waals surface area contributed by atoms with Gasteiger partial charge in [-0.05, 0) is 24.1 Å². The predicted molar refractivity (Wildman–Crippen MR) is 83.0 cm³/mol. The van der Waals surface area contributed by atoms with Gasteiger partial charge in [0.05, 0.1) is 0 Å². The molecule has 0 spiro atoms. The van der Waals surface area contributed by atoms with E-state index in [2.05, 4.69) is 15.2 Å². The third-order valence-electron chi connectivity index (χ3n) is 4.08. The molecular weight excluding hydrogens is 325 g/mol. The maximum absolute atomic E-state index is 12.7. The highest BCUT2D eigenvalue weighted by molar-refractivity contribution is 6.35. The Labute approximate surface area is 138 Å². The molecule has 1 aliphatic heterocycles. The highest BCUT2D eigenvalue weighted by Gasteiger charge is 2.51. The third kappa shape index (κ3) is 2.59. The monoisotopic (exact) mass is 339 g/mol. The summed E-state index contributed by atoms with van der Waals surface area (Å²) < 4.78 is 5.52. The summed E-state index contributed by atoms with van der Waals surface area (Å²) in [5.74, 6) is 0.347. The van der Waals surface area contributed by atoms with Gasteiger partial charge in [-0.1, -0.05) is 36.2 Å². The van der Waals surface area contributed by atoms with Crippen molar-refractivity contribution in [3.63, 3.8) is 0 Å². The van der Waals surface area contributed by atoms with Crippen LogP contribution in [0.3, 0.4) is 0 Å². The number of carbonyl (C=O) groups is 1. The number of aromatic amines is 1. The van der Waals surface area contributed by atoms with E-state index in [1.165, 1.54) is 6.33 Å². The summed E-state index contributed by atoms with van der Waals surface area (Å²) in [4.78, 5) is 16.8. The van der Waals surface area contributed by atoms with Crippen LogP contribution in [0.2, 0.25) is 10.0 Å². The molecule has 5 nitrogen and oxygen atoms in total. The molecule has 1 fully saturated rings. The quantitative estimate of drug-likeness (QED) is 0.867. The smallest absolute Gasteiger partial charge is 0.317 e. The molecule has 2 heterocycles. The van der Waals surface area contributed by atoms with Crippen LogP contribution < -0.4 is 0 Å². The molecule has 3 rings (SSSR count). The Bertz CT molecular complexity index is 690. The number of carbonyl (C=O) groups excluding carboxylic acids is 1. The molecule has 1 aromatic heterocycles. The number of hydrogen-bond acceptors (Lipinski definition) is 4. The normalized spacial score (nSPS) is 24.5. The molecule has 0 saturated carbocycles. The first kappa shape index (κ1) is 15.3. The molecule has 1 saturated heterocycles. The number of H-pyrrole nitrogens is 1. The Balaban J connectivity index is 2.08. The second-order valence-corrected chi connectivity index (χ2v) is 6.30. The number of nitrogens with one attached hydrogen (secondary N) is 1. The summed E-state index contributed by atoms with van der Waals surface area (Å²) in [6.07, 6.45) is 2.98. The van der Waals surface area contributed by atoms with Gasteiger partial charge in [0.1, 0.15) is 23.7 Å². The lowest BCUT2D eigenvalue weighted by Gasteiger charge is -2.25. The minimum atomic E-state index is -0.859. The summed E-state index contributed by atoms with van der Waals surface area (Å²) in [7, 11) is 0. The minimum Gasteiger partial charge on any atom is -0.462 e. The molecule has 0 bridgehead atoms. The predicted octanol–water partition coefficient (Wildman–Crippen LogP) is 3.32. The summed E-state index contributed by atoms with van der Waals surface area (Å²) in [5.41, 5.74) is -0.141. The van der Waals surface area contributed by atoms with Crippen molar-refractivity contribution in [3.05, 3.63) is 46.0 Å². The van der Waals surface area contributed by atoms with Crippen LogP contribution in [0.15, 0.2) is 24.5 Å². The summed E-state index contributed by atoms with van der Waals surface area (Å²) in [5, 5.41) is 7.64. The lowest BCUT2D eigenvalue weighted by Crippen LogP contribution is -2.35. The van der Waals surface area contributed by atoms with E-state index in [-0.39, 0.29) is 12.1 Å². The van der Waals surface area contributed by atoms with Crippen LogP contribution in [-0.2, 0) is 21.4 Å². The van der Waals surface area contributed by atoms with Gasteiger partial charge in [0.2, 0.25) is 0 Å². The maximum atomic E-state index is 12.7. The number of cyclic esters (lactones) is 1. The first-order valence-corrected chi connectivity index (χ1v) is 7.81. The van der Waals surface area contributed by atoms with Gasteiger partial charge in [-0.25, -0.2) is 4.98 Å². The molecule has 1 aliphatic rings. The molecule has 116 valence electrons. The zero-order valence-electron chi connectivity index (χ0n) is 12.0. The fraction of sp³-hybridized carbons (Fsp3) is 0.400. The first-order valence-electron chi connectivity index (χ1n) is 7.06. The van der Waals surface area contributed by atoms with Crippen molar-refractivity contribution in [2.75, 3.05) is 0 Å². The van der Waals surface area contributed by atoms with Gasteiger partial charge in [-0.3, -0.25) is 9.89 Å². The standard InChI is InChI=1S/C15H15Cl2N3O2/c1-2-10-6-15(14(21)22-10,7-13-18-8-19-20-13)11-4-3-9(16)5-12(11)17/h3-5,8,10H,2,6-7H2,1H3,(H,18,19,20). The highest BCUT2D eigenvalue weighted by atomic mass is 35.5. The van der Waals surface area contributed by atoms with Crippen molar-refractivity contribution >= 4 is 29.2 Å². The van der Waals surface area contributed by atoms with Crippen molar-refractivity contribution in [3.8, 4) is 0 Å².